The third-order valence-corrected chi connectivity index (χ3v) is 7.18. The van der Waals surface area contributed by atoms with Crippen molar-refractivity contribution in [3.05, 3.63) is 42.2 Å². The van der Waals surface area contributed by atoms with E-state index in [1.807, 2.05) is 30.7 Å². The van der Waals surface area contributed by atoms with Gasteiger partial charge in [-0.1, -0.05) is 26.0 Å². The molecule has 1 unspecified atom stereocenters. The minimum absolute atomic E-state index is 0.116. The summed E-state index contributed by atoms with van der Waals surface area (Å²) in [4.78, 5) is 13.9. The van der Waals surface area contributed by atoms with Crippen LogP contribution >= 0.6 is 0 Å². The number of carboxylic acids is 1. The van der Waals surface area contributed by atoms with Crippen molar-refractivity contribution in [2.45, 2.75) is 45.1 Å². The molecule has 5 rings (SSSR count). The number of nitrogens with two attached hydrogens (primary N) is 1. The molecule has 4 N–H and O–H groups in total. The summed E-state index contributed by atoms with van der Waals surface area (Å²) in [6.45, 7) is 6.79. The predicted octanol–water partition coefficient (Wildman–Crippen LogP) is 3.70. The molecule has 1 saturated heterocycles. The third kappa shape index (κ3) is 5.65. The minimum Gasteiger partial charge on any atom is -0.507 e. The Kier molecular flexibility index (Phi) is 7.64. The van der Waals surface area contributed by atoms with E-state index in [-0.39, 0.29) is 17.7 Å². The molecule has 1 aromatic carbocycles. The van der Waals surface area contributed by atoms with Gasteiger partial charge in [-0.2, -0.15) is 5.10 Å². The van der Waals surface area contributed by atoms with Crippen molar-refractivity contribution in [2.75, 3.05) is 32.0 Å². The summed E-state index contributed by atoms with van der Waals surface area (Å²) in [5.41, 5.74) is 8.71. The van der Waals surface area contributed by atoms with Gasteiger partial charge in [-0.15, -0.1) is 10.2 Å². The molecular weight excluding hydrogens is 502 g/mol. The monoisotopic (exact) mass is 535 g/mol. The van der Waals surface area contributed by atoms with Crippen LogP contribution in [0, 0.1) is 5.92 Å². The Bertz CT molecular complexity index is 1440. The van der Waals surface area contributed by atoms with Gasteiger partial charge in [0.05, 0.1) is 23.9 Å². The number of phenols is 1. The lowest BCUT2D eigenvalue weighted by Crippen LogP contribution is -2.36. The molecule has 1 aliphatic rings. The second-order valence-electron chi connectivity index (χ2n) is 10.2. The number of ether oxygens (including phenoxy) is 1. The first-order chi connectivity index (χ1) is 18.8. The van der Waals surface area contributed by atoms with Gasteiger partial charge in [0.1, 0.15) is 11.7 Å². The van der Waals surface area contributed by atoms with Crippen molar-refractivity contribution in [1.82, 2.24) is 30.0 Å². The molecule has 1 fully saturated rings. The van der Waals surface area contributed by atoms with Gasteiger partial charge in [-0.3, -0.25) is 9.48 Å². The maximum Gasteiger partial charge on any atom is 0.314 e. The SMILES string of the molecule is CC(C)C(C(=O)O)c1cc(OCCCN2CCC(n3nc(N)c4nnc(-c5ccccc5O)cc43)CC2)no1. The van der Waals surface area contributed by atoms with Crippen LogP contribution in [0.25, 0.3) is 22.3 Å². The van der Waals surface area contributed by atoms with Crippen LogP contribution in [0.2, 0.25) is 0 Å². The van der Waals surface area contributed by atoms with Crippen LogP contribution in [0.4, 0.5) is 5.82 Å². The first kappa shape index (κ1) is 26.4. The van der Waals surface area contributed by atoms with Crippen molar-refractivity contribution < 1.29 is 24.3 Å². The molecule has 12 nitrogen and oxygen atoms in total. The molecular formula is C27H33N7O5. The molecule has 4 heterocycles. The smallest absolute Gasteiger partial charge is 0.314 e. The average Bonchev–Trinajstić information content (AvgIpc) is 3.51. The van der Waals surface area contributed by atoms with Crippen LogP contribution in [0.15, 0.2) is 40.9 Å². The molecule has 0 spiro atoms. The molecule has 0 radical (unpaired) electrons. The van der Waals surface area contributed by atoms with E-state index in [4.69, 9.17) is 15.0 Å². The summed E-state index contributed by atoms with van der Waals surface area (Å²) < 4.78 is 12.9. The molecule has 1 aliphatic heterocycles. The molecule has 0 aliphatic carbocycles. The fourth-order valence-corrected chi connectivity index (χ4v) is 5.13. The lowest BCUT2D eigenvalue weighted by molar-refractivity contribution is -0.140. The van der Waals surface area contributed by atoms with Gasteiger partial charge >= 0.3 is 5.97 Å². The standard InChI is InChI=1S/C27H33N7O5/c1-16(2)24(27(36)37)22-15-23(32-39-22)38-13-5-10-33-11-8-17(9-12-33)34-20-14-19(18-6-3-4-7-21(18)35)29-30-25(20)26(28)31-34/h3-4,6-7,14-17,24,35H,5,8-13H2,1-2H3,(H2,28,31)(H,36,37). The third-order valence-electron chi connectivity index (χ3n) is 7.18. The van der Waals surface area contributed by atoms with Crippen molar-refractivity contribution in [1.29, 1.82) is 0 Å². The van der Waals surface area contributed by atoms with E-state index in [0.717, 1.165) is 44.4 Å². The van der Waals surface area contributed by atoms with E-state index in [1.165, 1.54) is 0 Å². The second kappa shape index (κ2) is 11.3. The predicted molar refractivity (Wildman–Crippen MR) is 143 cm³/mol. The van der Waals surface area contributed by atoms with Crippen molar-refractivity contribution >= 4 is 22.8 Å². The number of anilines is 1. The summed E-state index contributed by atoms with van der Waals surface area (Å²) in [5, 5.41) is 36.7. The first-order valence-corrected chi connectivity index (χ1v) is 13.2. The van der Waals surface area contributed by atoms with Crippen LogP contribution < -0.4 is 10.5 Å². The van der Waals surface area contributed by atoms with E-state index < -0.39 is 11.9 Å². The van der Waals surface area contributed by atoms with Crippen LogP contribution in [0.1, 0.15) is 50.8 Å². The number of nitrogen functional groups attached to an aromatic ring is 1. The number of fused-ring (bicyclic) bond motifs is 1. The maximum absolute atomic E-state index is 11.5. The summed E-state index contributed by atoms with van der Waals surface area (Å²) in [6.07, 6.45) is 2.62. The van der Waals surface area contributed by atoms with Gasteiger partial charge in [0.25, 0.3) is 5.88 Å². The summed E-state index contributed by atoms with van der Waals surface area (Å²) >= 11 is 0. The van der Waals surface area contributed by atoms with E-state index >= 15 is 0 Å². The number of piperidine rings is 1. The number of likely N-dealkylation sites (tertiary alicyclic amines) is 1. The zero-order valence-electron chi connectivity index (χ0n) is 22.0. The molecule has 3 aromatic heterocycles. The van der Waals surface area contributed by atoms with Crippen LogP contribution in [0.3, 0.4) is 0 Å². The number of aromatic hydroxyl groups is 1. The Labute approximate surface area is 225 Å². The Morgan fingerprint density at radius 1 is 1.21 bits per heavy atom. The van der Waals surface area contributed by atoms with Crippen LogP contribution in [-0.4, -0.2) is 72.5 Å². The van der Waals surface area contributed by atoms with E-state index in [2.05, 4.69) is 25.4 Å². The second-order valence-corrected chi connectivity index (χ2v) is 10.2. The quantitative estimate of drug-likeness (QED) is 0.253. The summed E-state index contributed by atoms with van der Waals surface area (Å²) in [6, 6.07) is 10.7. The van der Waals surface area contributed by atoms with Gasteiger partial charge in [-0.25, -0.2) is 0 Å². The molecule has 0 saturated carbocycles. The lowest BCUT2D eigenvalue weighted by Gasteiger charge is -2.32. The number of benzene rings is 1. The highest BCUT2D eigenvalue weighted by Crippen LogP contribution is 2.33. The number of para-hydroxylation sites is 1. The van der Waals surface area contributed by atoms with Crippen molar-refractivity contribution in [3.63, 3.8) is 0 Å². The van der Waals surface area contributed by atoms with E-state index in [1.54, 1.807) is 24.3 Å². The zero-order chi connectivity index (χ0) is 27.5. The molecule has 0 bridgehead atoms. The fraction of sp³-hybridized carbons (Fsp3) is 0.444. The maximum atomic E-state index is 11.5. The number of nitrogens with zero attached hydrogens (tertiary/aromatic N) is 6. The normalized spacial score (nSPS) is 15.7. The van der Waals surface area contributed by atoms with Crippen molar-refractivity contribution in [2.24, 2.45) is 5.92 Å². The minimum atomic E-state index is -0.939. The van der Waals surface area contributed by atoms with Gasteiger partial charge in [0.15, 0.2) is 17.1 Å². The lowest BCUT2D eigenvalue weighted by atomic mass is 9.94. The van der Waals surface area contributed by atoms with Crippen LogP contribution in [-0.2, 0) is 4.79 Å². The number of hydrogen-bond acceptors (Lipinski definition) is 10. The number of rotatable bonds is 10. The van der Waals surface area contributed by atoms with Gasteiger partial charge < -0.3 is 30.1 Å². The Balaban J connectivity index is 1.15. The molecule has 12 heteroatoms. The highest BCUT2D eigenvalue weighted by atomic mass is 16.5. The highest BCUT2D eigenvalue weighted by Gasteiger charge is 2.28. The van der Waals surface area contributed by atoms with E-state index in [9.17, 15) is 15.0 Å². The Hall–Kier alpha value is -4.19. The van der Waals surface area contributed by atoms with Crippen LogP contribution in [0.5, 0.6) is 11.6 Å². The first-order valence-electron chi connectivity index (χ1n) is 13.2. The highest BCUT2D eigenvalue weighted by molar-refractivity contribution is 5.87. The number of hydrogen-bond donors (Lipinski definition) is 3. The zero-order valence-corrected chi connectivity index (χ0v) is 22.0. The topological polar surface area (TPSA) is 166 Å². The largest absolute Gasteiger partial charge is 0.507 e. The number of phenolic OH excluding ortho intramolecular Hbond substituents is 1. The van der Waals surface area contributed by atoms with Gasteiger partial charge in [-0.05, 0) is 48.5 Å². The van der Waals surface area contributed by atoms with Gasteiger partial charge in [0, 0.05) is 31.3 Å². The molecule has 4 aromatic rings. The Morgan fingerprint density at radius 2 is 1.97 bits per heavy atom. The molecule has 1 atom stereocenters. The molecule has 0 amide bonds. The van der Waals surface area contributed by atoms with E-state index in [0.29, 0.717) is 40.8 Å². The average molecular weight is 536 g/mol. The summed E-state index contributed by atoms with van der Waals surface area (Å²) in [5.74, 6) is -0.695. The number of carboxylic acid groups (broad SMARTS) is 1. The molecule has 206 valence electrons. The number of aliphatic carboxylic acids is 1. The van der Waals surface area contributed by atoms with Gasteiger partial charge in [0.2, 0.25) is 0 Å². The number of aromatic nitrogens is 5. The fourth-order valence-electron chi connectivity index (χ4n) is 5.13. The number of carbonyl (C=O) groups is 1. The summed E-state index contributed by atoms with van der Waals surface area (Å²) in [7, 11) is 0. The van der Waals surface area contributed by atoms with Crippen molar-refractivity contribution in [3.8, 4) is 22.9 Å². The Morgan fingerprint density at radius 3 is 2.69 bits per heavy atom. The molecule has 39 heavy (non-hydrogen) atoms.